The fourth-order valence-corrected chi connectivity index (χ4v) is 2.34. The molecule has 0 heterocycles. The molecule has 0 bridgehead atoms. The summed E-state index contributed by atoms with van der Waals surface area (Å²) in [6.45, 7) is 6.78. The maximum atomic E-state index is 14.1. The first kappa shape index (κ1) is 17.1. The molecule has 2 rings (SSSR count). The Labute approximate surface area is 138 Å². The number of hydrogen-bond donors (Lipinski definition) is 0. The molecule has 2 heteroatoms. The zero-order valence-corrected chi connectivity index (χ0v) is 14.1. The Balaban J connectivity index is 2.16. The smallest absolute Gasteiger partial charge is 0.139 e. The normalized spacial score (nSPS) is 10.1. The van der Waals surface area contributed by atoms with Gasteiger partial charge < -0.3 is 4.74 Å². The fraction of sp³-hybridized carbons (Fsp3) is 0.333. The zero-order valence-electron chi connectivity index (χ0n) is 14.1. The third-order valence-electron chi connectivity index (χ3n) is 3.65. The largest absolute Gasteiger partial charge is 0.494 e. The van der Waals surface area contributed by atoms with Crippen LogP contribution in [0.5, 0.6) is 5.75 Å². The Hall–Kier alpha value is -2.27. The van der Waals surface area contributed by atoms with Crippen molar-refractivity contribution in [2.45, 2.75) is 40.0 Å². The Morgan fingerprint density at radius 3 is 2.43 bits per heavy atom. The molecule has 0 radical (unpaired) electrons. The number of unbranched alkanes of at least 4 members (excludes halogenated alkanes) is 1. The molecule has 120 valence electrons. The van der Waals surface area contributed by atoms with Crippen molar-refractivity contribution >= 4 is 0 Å². The summed E-state index contributed by atoms with van der Waals surface area (Å²) in [4.78, 5) is 0. The van der Waals surface area contributed by atoms with Crippen molar-refractivity contribution in [3.63, 3.8) is 0 Å². The Morgan fingerprint density at radius 1 is 1.04 bits per heavy atom. The van der Waals surface area contributed by atoms with Gasteiger partial charge >= 0.3 is 0 Å². The van der Waals surface area contributed by atoms with Crippen LogP contribution in [0.25, 0.3) is 0 Å². The quantitative estimate of drug-likeness (QED) is 0.539. The maximum Gasteiger partial charge on any atom is 0.139 e. The van der Waals surface area contributed by atoms with E-state index in [1.165, 1.54) is 6.07 Å². The van der Waals surface area contributed by atoms with E-state index in [1.807, 2.05) is 44.2 Å². The molecule has 0 aliphatic carbocycles. The summed E-state index contributed by atoms with van der Waals surface area (Å²) in [5.74, 6) is 6.63. The van der Waals surface area contributed by atoms with Crippen LogP contribution in [0.2, 0.25) is 0 Å². The highest BCUT2D eigenvalue weighted by Gasteiger charge is 2.06. The molecular weight excluding hydrogens is 287 g/mol. The van der Waals surface area contributed by atoms with Crippen LogP contribution in [0.3, 0.4) is 0 Å². The van der Waals surface area contributed by atoms with Crippen LogP contribution in [0.4, 0.5) is 4.39 Å². The Kier molecular flexibility index (Phi) is 6.23. The van der Waals surface area contributed by atoms with Gasteiger partial charge in [0.05, 0.1) is 12.2 Å². The van der Waals surface area contributed by atoms with Crippen molar-refractivity contribution in [2.24, 2.45) is 0 Å². The molecule has 0 saturated heterocycles. The molecule has 0 fully saturated rings. The van der Waals surface area contributed by atoms with Gasteiger partial charge in [0.2, 0.25) is 0 Å². The van der Waals surface area contributed by atoms with Gasteiger partial charge in [-0.25, -0.2) is 4.39 Å². The first-order valence-corrected chi connectivity index (χ1v) is 8.18. The summed E-state index contributed by atoms with van der Waals surface area (Å²) < 4.78 is 19.7. The number of aryl methyl sites for hydroxylation is 2. The third kappa shape index (κ3) is 4.86. The summed E-state index contributed by atoms with van der Waals surface area (Å²) in [7, 11) is 0. The van der Waals surface area contributed by atoms with Crippen molar-refractivity contribution in [3.8, 4) is 17.6 Å². The molecule has 0 aliphatic heterocycles. The molecular formula is C21H23FO. The molecule has 0 aromatic heterocycles. The predicted octanol–water partition coefficient (Wildman–Crippen LogP) is 5.28. The van der Waals surface area contributed by atoms with Gasteiger partial charge in [-0.15, -0.1) is 0 Å². The summed E-state index contributed by atoms with van der Waals surface area (Å²) >= 11 is 0. The van der Waals surface area contributed by atoms with Crippen LogP contribution in [-0.2, 0) is 6.42 Å². The van der Waals surface area contributed by atoms with E-state index in [1.54, 1.807) is 0 Å². The number of ether oxygens (including phenoxy) is 1. The zero-order chi connectivity index (χ0) is 16.7. The lowest BCUT2D eigenvalue weighted by Crippen LogP contribution is -1.96. The Morgan fingerprint density at radius 2 is 1.78 bits per heavy atom. The van der Waals surface area contributed by atoms with E-state index in [0.717, 1.165) is 48.3 Å². The summed E-state index contributed by atoms with van der Waals surface area (Å²) in [6, 6.07) is 11.2. The van der Waals surface area contributed by atoms with Crippen molar-refractivity contribution in [1.82, 2.24) is 0 Å². The molecule has 23 heavy (non-hydrogen) atoms. The molecule has 0 saturated carbocycles. The molecule has 0 aliphatic rings. The number of hydrogen-bond acceptors (Lipinski definition) is 1. The number of benzene rings is 2. The highest BCUT2D eigenvalue weighted by atomic mass is 19.1. The van der Waals surface area contributed by atoms with Gasteiger partial charge in [0.1, 0.15) is 11.6 Å². The van der Waals surface area contributed by atoms with Crippen LogP contribution in [-0.4, -0.2) is 6.61 Å². The van der Waals surface area contributed by atoms with E-state index >= 15 is 0 Å². The van der Waals surface area contributed by atoms with E-state index in [4.69, 9.17) is 4.74 Å². The highest BCUT2D eigenvalue weighted by Crippen LogP contribution is 2.17. The second-order valence-corrected chi connectivity index (χ2v) is 5.61. The van der Waals surface area contributed by atoms with Crippen LogP contribution in [0.1, 0.15) is 48.9 Å². The minimum Gasteiger partial charge on any atom is -0.494 e. The lowest BCUT2D eigenvalue weighted by molar-refractivity contribution is 0.309. The van der Waals surface area contributed by atoms with Crippen molar-refractivity contribution in [3.05, 3.63) is 64.5 Å². The van der Waals surface area contributed by atoms with E-state index in [-0.39, 0.29) is 5.82 Å². The maximum absolute atomic E-state index is 14.1. The first-order chi connectivity index (χ1) is 11.1. The average Bonchev–Trinajstić information content (AvgIpc) is 2.55. The van der Waals surface area contributed by atoms with Gasteiger partial charge in [-0.1, -0.05) is 38.2 Å². The molecule has 0 spiro atoms. The third-order valence-corrected chi connectivity index (χ3v) is 3.65. The Bertz CT molecular complexity index is 705. The van der Waals surface area contributed by atoms with E-state index in [0.29, 0.717) is 5.56 Å². The van der Waals surface area contributed by atoms with Gasteiger partial charge in [0.15, 0.2) is 0 Å². The summed E-state index contributed by atoms with van der Waals surface area (Å²) in [5, 5.41) is 0. The summed E-state index contributed by atoms with van der Waals surface area (Å²) in [5.41, 5.74) is 3.24. The lowest BCUT2D eigenvalue weighted by Gasteiger charge is -2.05. The van der Waals surface area contributed by atoms with Crippen molar-refractivity contribution in [2.75, 3.05) is 6.61 Å². The average molecular weight is 310 g/mol. The van der Waals surface area contributed by atoms with Crippen LogP contribution < -0.4 is 4.74 Å². The van der Waals surface area contributed by atoms with Gasteiger partial charge in [-0.2, -0.15) is 0 Å². The second kappa shape index (κ2) is 8.39. The summed E-state index contributed by atoms with van der Waals surface area (Å²) in [6.07, 6.45) is 2.94. The molecule has 1 nitrogen and oxygen atoms in total. The van der Waals surface area contributed by atoms with E-state index in [9.17, 15) is 4.39 Å². The van der Waals surface area contributed by atoms with Gasteiger partial charge in [-0.05, 0) is 61.2 Å². The van der Waals surface area contributed by atoms with E-state index in [2.05, 4.69) is 18.8 Å². The van der Waals surface area contributed by atoms with E-state index < -0.39 is 0 Å². The molecule has 2 aromatic rings. The minimum atomic E-state index is -0.242. The van der Waals surface area contributed by atoms with Crippen molar-refractivity contribution in [1.29, 1.82) is 0 Å². The topological polar surface area (TPSA) is 9.23 Å². The van der Waals surface area contributed by atoms with Gasteiger partial charge in [-0.3, -0.25) is 0 Å². The van der Waals surface area contributed by atoms with Crippen LogP contribution in [0, 0.1) is 24.6 Å². The molecule has 2 aromatic carbocycles. The number of halogens is 1. The molecule has 0 N–H and O–H groups in total. The van der Waals surface area contributed by atoms with Crippen molar-refractivity contribution < 1.29 is 9.13 Å². The lowest BCUT2D eigenvalue weighted by atomic mass is 10.0. The van der Waals surface area contributed by atoms with Crippen LogP contribution in [0.15, 0.2) is 36.4 Å². The second-order valence-electron chi connectivity index (χ2n) is 5.61. The number of rotatable bonds is 5. The SMILES string of the molecule is CCCCOc1ccc(C#Cc2c(F)cc(C)cc2CC)cc1. The first-order valence-electron chi connectivity index (χ1n) is 8.18. The standard InChI is InChI=1S/C21H23FO/c1-4-6-13-23-19-10-7-17(8-11-19)9-12-20-18(5-2)14-16(3)15-21(20)22/h7-8,10-11,14-15H,4-6,13H2,1-3H3. The minimum absolute atomic E-state index is 0.242. The van der Waals surface area contributed by atoms with Gasteiger partial charge in [0.25, 0.3) is 0 Å². The molecule has 0 unspecified atom stereocenters. The molecule has 0 amide bonds. The fourth-order valence-electron chi connectivity index (χ4n) is 2.34. The van der Waals surface area contributed by atoms with Gasteiger partial charge in [0, 0.05) is 5.56 Å². The monoisotopic (exact) mass is 310 g/mol. The van der Waals surface area contributed by atoms with Crippen LogP contribution >= 0.6 is 0 Å². The molecule has 0 atom stereocenters. The highest BCUT2D eigenvalue weighted by molar-refractivity contribution is 5.49. The predicted molar refractivity (Wildman–Crippen MR) is 93.3 cm³/mol.